The average molecular weight is 371 g/mol. The Bertz CT molecular complexity index is 678. The highest BCUT2D eigenvalue weighted by Gasteiger charge is 2.30. The smallest absolute Gasteiger partial charge is 0.223 e. The van der Waals surface area contributed by atoms with Crippen LogP contribution in [0.3, 0.4) is 0 Å². The molecule has 132 valence electrons. The van der Waals surface area contributed by atoms with E-state index in [9.17, 15) is 13.2 Å². The van der Waals surface area contributed by atoms with E-state index in [0.717, 1.165) is 38.8 Å². The highest BCUT2D eigenvalue weighted by molar-refractivity contribution is 7.91. The summed E-state index contributed by atoms with van der Waals surface area (Å²) in [5, 5.41) is 3.58. The molecule has 7 heteroatoms. The standard InChI is InChI=1S/C17H23ClN2O3S/c18-14-1-5-16(6-2-14)24(22,23)12-11-20-9-7-13(8-10-20)17(21)19-15-3-4-15/h1-2,5-6,13,15H,3-4,7-12H2,(H,19,21). The molecule has 1 saturated carbocycles. The zero-order chi connectivity index (χ0) is 17.2. The zero-order valence-electron chi connectivity index (χ0n) is 13.6. The van der Waals surface area contributed by atoms with Crippen molar-refractivity contribution in [2.24, 2.45) is 5.92 Å². The third-order valence-corrected chi connectivity index (χ3v) is 6.69. The second-order valence-electron chi connectivity index (χ2n) is 6.67. The fraction of sp³-hybridized carbons (Fsp3) is 0.588. The number of rotatable bonds is 6. The van der Waals surface area contributed by atoms with Crippen LogP contribution in [0.2, 0.25) is 5.02 Å². The molecule has 2 fully saturated rings. The Balaban J connectivity index is 1.45. The summed E-state index contributed by atoms with van der Waals surface area (Å²) in [5.74, 6) is 0.341. The quantitative estimate of drug-likeness (QED) is 0.832. The Morgan fingerprint density at radius 1 is 1.12 bits per heavy atom. The van der Waals surface area contributed by atoms with E-state index < -0.39 is 9.84 Å². The first-order valence-corrected chi connectivity index (χ1v) is 10.5. The van der Waals surface area contributed by atoms with Gasteiger partial charge in [-0.2, -0.15) is 0 Å². The third-order valence-electron chi connectivity index (χ3n) is 4.73. The minimum Gasteiger partial charge on any atom is -0.353 e. The molecule has 3 rings (SSSR count). The van der Waals surface area contributed by atoms with E-state index in [-0.39, 0.29) is 17.6 Å². The van der Waals surface area contributed by atoms with E-state index in [1.807, 2.05) is 0 Å². The van der Waals surface area contributed by atoms with E-state index in [1.165, 1.54) is 0 Å². The molecule has 0 unspecified atom stereocenters. The molecule has 5 nitrogen and oxygen atoms in total. The lowest BCUT2D eigenvalue weighted by atomic mass is 9.96. The first-order chi connectivity index (χ1) is 11.4. The lowest BCUT2D eigenvalue weighted by Crippen LogP contribution is -2.42. The molecule has 24 heavy (non-hydrogen) atoms. The van der Waals surface area contributed by atoms with Crippen LogP contribution >= 0.6 is 11.6 Å². The molecule has 1 aliphatic heterocycles. The minimum atomic E-state index is -3.29. The number of likely N-dealkylation sites (tertiary alicyclic amines) is 1. The Hall–Kier alpha value is -1.11. The van der Waals surface area contributed by atoms with E-state index in [2.05, 4.69) is 10.2 Å². The monoisotopic (exact) mass is 370 g/mol. The summed E-state index contributed by atoms with van der Waals surface area (Å²) in [5.41, 5.74) is 0. The normalized spacial score (nSPS) is 20.0. The van der Waals surface area contributed by atoms with Crippen LogP contribution in [0.5, 0.6) is 0 Å². The first-order valence-electron chi connectivity index (χ1n) is 8.45. The Labute approximate surface area is 148 Å². The molecule has 1 heterocycles. The molecule has 1 aliphatic carbocycles. The second kappa shape index (κ2) is 7.42. The van der Waals surface area contributed by atoms with Gasteiger partial charge in [0.05, 0.1) is 10.6 Å². The summed E-state index contributed by atoms with van der Waals surface area (Å²) in [6.07, 6.45) is 3.82. The van der Waals surface area contributed by atoms with Gasteiger partial charge in [-0.15, -0.1) is 0 Å². The van der Waals surface area contributed by atoms with Crippen molar-refractivity contribution in [3.63, 3.8) is 0 Å². The van der Waals surface area contributed by atoms with Gasteiger partial charge < -0.3 is 10.2 Å². The zero-order valence-corrected chi connectivity index (χ0v) is 15.2. The summed E-state index contributed by atoms with van der Waals surface area (Å²) >= 11 is 5.80. The molecule has 0 radical (unpaired) electrons. The van der Waals surface area contributed by atoms with Gasteiger partial charge in [0, 0.05) is 23.5 Å². The fourth-order valence-corrected chi connectivity index (χ4v) is 4.39. The lowest BCUT2D eigenvalue weighted by Gasteiger charge is -2.31. The van der Waals surface area contributed by atoms with Crippen LogP contribution in [0, 0.1) is 5.92 Å². The number of sulfone groups is 1. The Kier molecular flexibility index (Phi) is 5.47. The van der Waals surface area contributed by atoms with Crippen molar-refractivity contribution < 1.29 is 13.2 Å². The van der Waals surface area contributed by atoms with Crippen LogP contribution in [0.25, 0.3) is 0 Å². The van der Waals surface area contributed by atoms with Crippen LogP contribution in [-0.4, -0.2) is 50.7 Å². The number of hydrogen-bond donors (Lipinski definition) is 1. The van der Waals surface area contributed by atoms with Crippen LogP contribution in [0.1, 0.15) is 25.7 Å². The molecule has 0 aromatic heterocycles. The van der Waals surface area contributed by atoms with Crippen LogP contribution in [-0.2, 0) is 14.6 Å². The van der Waals surface area contributed by atoms with Crippen LogP contribution in [0.4, 0.5) is 0 Å². The van der Waals surface area contributed by atoms with Crippen LogP contribution < -0.4 is 5.32 Å². The number of carbonyl (C=O) groups is 1. The molecule has 1 aromatic carbocycles. The number of piperidine rings is 1. The molecular weight excluding hydrogens is 348 g/mol. The number of hydrogen-bond acceptors (Lipinski definition) is 4. The fourth-order valence-electron chi connectivity index (χ4n) is 2.97. The molecule has 1 N–H and O–H groups in total. The maximum atomic E-state index is 12.4. The molecule has 0 bridgehead atoms. The van der Waals surface area contributed by atoms with E-state index in [4.69, 9.17) is 11.6 Å². The van der Waals surface area contributed by atoms with Crippen molar-refractivity contribution in [2.45, 2.75) is 36.6 Å². The lowest BCUT2D eigenvalue weighted by molar-refractivity contribution is -0.126. The summed E-state index contributed by atoms with van der Waals surface area (Å²) < 4.78 is 24.7. The van der Waals surface area contributed by atoms with Gasteiger partial charge >= 0.3 is 0 Å². The highest BCUT2D eigenvalue weighted by Crippen LogP contribution is 2.23. The number of halogens is 1. The predicted octanol–water partition coefficient (Wildman–Crippen LogP) is 2.10. The average Bonchev–Trinajstić information content (AvgIpc) is 3.38. The van der Waals surface area contributed by atoms with Crippen molar-refractivity contribution in [3.8, 4) is 0 Å². The Morgan fingerprint density at radius 2 is 1.75 bits per heavy atom. The van der Waals surface area contributed by atoms with E-state index in [0.29, 0.717) is 22.5 Å². The number of nitrogens with one attached hydrogen (secondary N) is 1. The molecule has 1 aromatic rings. The van der Waals surface area contributed by atoms with Gasteiger partial charge in [0.1, 0.15) is 0 Å². The summed E-state index contributed by atoms with van der Waals surface area (Å²) in [4.78, 5) is 14.5. The van der Waals surface area contributed by atoms with E-state index in [1.54, 1.807) is 24.3 Å². The topological polar surface area (TPSA) is 66.5 Å². The highest BCUT2D eigenvalue weighted by atomic mass is 35.5. The van der Waals surface area contributed by atoms with Gasteiger partial charge in [-0.3, -0.25) is 4.79 Å². The molecule has 1 amide bonds. The summed E-state index contributed by atoms with van der Waals surface area (Å²) in [7, 11) is -3.29. The van der Waals surface area contributed by atoms with Gasteiger partial charge in [0.25, 0.3) is 0 Å². The predicted molar refractivity (Wildman–Crippen MR) is 93.8 cm³/mol. The van der Waals surface area contributed by atoms with Gasteiger partial charge in [-0.25, -0.2) is 8.42 Å². The van der Waals surface area contributed by atoms with E-state index >= 15 is 0 Å². The second-order valence-corrected chi connectivity index (χ2v) is 9.22. The Morgan fingerprint density at radius 3 is 2.33 bits per heavy atom. The molecule has 2 aliphatic rings. The molecule has 0 spiro atoms. The van der Waals surface area contributed by atoms with Crippen molar-refractivity contribution in [2.75, 3.05) is 25.4 Å². The number of benzene rings is 1. The summed E-state index contributed by atoms with van der Waals surface area (Å²) in [6.45, 7) is 2.06. The van der Waals surface area contributed by atoms with Crippen LogP contribution in [0.15, 0.2) is 29.2 Å². The molecular formula is C17H23ClN2O3S. The largest absolute Gasteiger partial charge is 0.353 e. The summed E-state index contributed by atoms with van der Waals surface area (Å²) in [6, 6.07) is 6.69. The third kappa shape index (κ3) is 4.71. The van der Waals surface area contributed by atoms with Gasteiger partial charge in [-0.1, -0.05) is 11.6 Å². The number of amides is 1. The van der Waals surface area contributed by atoms with Crippen molar-refractivity contribution >= 4 is 27.3 Å². The van der Waals surface area contributed by atoms with Crippen molar-refractivity contribution in [3.05, 3.63) is 29.3 Å². The molecule has 0 atom stereocenters. The van der Waals surface area contributed by atoms with Crippen molar-refractivity contribution in [1.29, 1.82) is 0 Å². The SMILES string of the molecule is O=C(NC1CC1)C1CCN(CCS(=O)(=O)c2ccc(Cl)cc2)CC1. The van der Waals surface area contributed by atoms with Gasteiger partial charge in [-0.05, 0) is 63.0 Å². The molecule has 1 saturated heterocycles. The number of nitrogens with zero attached hydrogens (tertiary/aromatic N) is 1. The number of carbonyl (C=O) groups excluding carboxylic acids is 1. The van der Waals surface area contributed by atoms with Gasteiger partial charge in [0.15, 0.2) is 9.84 Å². The first kappa shape index (κ1) is 17.7. The van der Waals surface area contributed by atoms with Crippen molar-refractivity contribution in [1.82, 2.24) is 10.2 Å². The maximum absolute atomic E-state index is 12.4. The minimum absolute atomic E-state index is 0.0784. The van der Waals surface area contributed by atoms with Gasteiger partial charge in [0.2, 0.25) is 5.91 Å². The maximum Gasteiger partial charge on any atom is 0.223 e.